The summed E-state index contributed by atoms with van der Waals surface area (Å²) in [6.45, 7) is 3.74. The van der Waals surface area contributed by atoms with Gasteiger partial charge in [0.05, 0.1) is 14.2 Å². The van der Waals surface area contributed by atoms with Crippen molar-refractivity contribution in [3.05, 3.63) is 58.7 Å². The molecule has 0 saturated carbocycles. The van der Waals surface area contributed by atoms with Crippen molar-refractivity contribution in [3.63, 3.8) is 0 Å². The number of phenols is 2. The van der Waals surface area contributed by atoms with Gasteiger partial charge in [-0.1, -0.05) is 0 Å². The van der Waals surface area contributed by atoms with E-state index >= 15 is 0 Å². The van der Waals surface area contributed by atoms with Crippen LogP contribution in [0.2, 0.25) is 0 Å². The van der Waals surface area contributed by atoms with Crippen LogP contribution in [0.25, 0.3) is 11.1 Å². The van der Waals surface area contributed by atoms with Gasteiger partial charge in [-0.15, -0.1) is 0 Å². The molecule has 2 aliphatic carbocycles. The molecule has 0 atom stereocenters. The molecule has 0 saturated heterocycles. The predicted molar refractivity (Wildman–Crippen MR) is 115 cm³/mol. The number of fused-ring (bicyclic) bond motifs is 2. The summed E-state index contributed by atoms with van der Waals surface area (Å²) in [7, 11) is 3.20. The molecular formula is C24H24O7-2. The van der Waals surface area contributed by atoms with Gasteiger partial charge in [0.25, 0.3) is 0 Å². The van der Waals surface area contributed by atoms with E-state index in [0.29, 0.717) is 24.3 Å². The Labute approximate surface area is 180 Å². The molecule has 7 heteroatoms. The van der Waals surface area contributed by atoms with Gasteiger partial charge in [-0.3, -0.25) is 9.59 Å². The molecule has 2 aliphatic rings. The highest BCUT2D eigenvalue weighted by atomic mass is 16.5. The van der Waals surface area contributed by atoms with Crippen molar-refractivity contribution in [3.8, 4) is 23.0 Å². The second-order valence-corrected chi connectivity index (χ2v) is 7.30. The van der Waals surface area contributed by atoms with Crippen molar-refractivity contribution >= 4 is 22.7 Å². The fraction of sp³-hybridized carbons (Fsp3) is 0.250. The van der Waals surface area contributed by atoms with Crippen molar-refractivity contribution in [2.75, 3.05) is 14.2 Å². The van der Waals surface area contributed by atoms with Crippen molar-refractivity contribution in [1.82, 2.24) is 0 Å². The average Bonchev–Trinajstić information content (AvgIpc) is 2.69. The minimum absolute atomic E-state index is 0. The number of allylic oxidation sites excluding steroid dienone is 4. The molecule has 164 valence electrons. The van der Waals surface area contributed by atoms with Crippen LogP contribution in [0.4, 0.5) is 0 Å². The lowest BCUT2D eigenvalue weighted by molar-refractivity contribution is -0.114. The van der Waals surface area contributed by atoms with Gasteiger partial charge in [0.1, 0.15) is 0 Å². The third-order valence-corrected chi connectivity index (χ3v) is 5.14. The maximum atomic E-state index is 11.4. The number of ketones is 2. The second kappa shape index (κ2) is 9.49. The molecular weight excluding hydrogens is 400 g/mol. The molecule has 2 aromatic carbocycles. The number of phenolic OH excluding ortho intramolecular Hbond substituents is 2. The summed E-state index contributed by atoms with van der Waals surface area (Å²) in [6.07, 6.45) is 3.96. The third-order valence-electron chi connectivity index (χ3n) is 5.14. The maximum Gasteiger partial charge on any atom is 0.161 e. The molecule has 0 aromatic heterocycles. The van der Waals surface area contributed by atoms with Crippen LogP contribution in [0, 0.1) is 0 Å². The Hall–Kier alpha value is -3.58. The zero-order valence-electron chi connectivity index (χ0n) is 17.8. The summed E-state index contributed by atoms with van der Waals surface area (Å²) in [5.41, 5.74) is 5.48. The molecule has 0 heterocycles. The van der Waals surface area contributed by atoms with Gasteiger partial charge < -0.3 is 25.2 Å². The molecule has 0 unspecified atom stereocenters. The fourth-order valence-electron chi connectivity index (χ4n) is 3.68. The Bertz CT molecular complexity index is 1090. The Morgan fingerprint density at radius 3 is 1.65 bits per heavy atom. The van der Waals surface area contributed by atoms with Gasteiger partial charge >= 0.3 is 0 Å². The summed E-state index contributed by atoms with van der Waals surface area (Å²) in [5, 5.41) is 18.6. The highest BCUT2D eigenvalue weighted by molar-refractivity contribution is 6.02. The van der Waals surface area contributed by atoms with E-state index in [1.165, 1.54) is 12.1 Å². The smallest absolute Gasteiger partial charge is 0.161 e. The first-order chi connectivity index (χ1) is 14.2. The number of hydrogen-bond acceptors (Lipinski definition) is 6. The lowest BCUT2D eigenvalue weighted by atomic mass is 9.90. The number of hydrogen-bond donors (Lipinski definition) is 2. The second-order valence-electron chi connectivity index (χ2n) is 7.30. The molecule has 31 heavy (non-hydrogen) atoms. The van der Waals surface area contributed by atoms with Crippen LogP contribution in [0.5, 0.6) is 23.0 Å². The van der Waals surface area contributed by atoms with Crippen molar-refractivity contribution < 1.29 is 34.8 Å². The van der Waals surface area contributed by atoms with Gasteiger partial charge in [-0.05, 0) is 83.7 Å². The van der Waals surface area contributed by atoms with Crippen LogP contribution in [0.15, 0.2) is 36.4 Å². The zero-order chi connectivity index (χ0) is 22.0. The van der Waals surface area contributed by atoms with E-state index in [0.717, 1.165) is 33.4 Å². The maximum absolute atomic E-state index is 11.4. The molecule has 4 rings (SSSR count). The van der Waals surface area contributed by atoms with Crippen molar-refractivity contribution in [2.24, 2.45) is 0 Å². The highest BCUT2D eigenvalue weighted by Gasteiger charge is 2.19. The number of carbonyl (C=O) groups excluding carboxylic acids is 2. The fourth-order valence-corrected chi connectivity index (χ4v) is 3.68. The molecule has 7 nitrogen and oxygen atoms in total. The highest BCUT2D eigenvalue weighted by Crippen LogP contribution is 2.36. The van der Waals surface area contributed by atoms with Crippen LogP contribution in [0.1, 0.15) is 36.1 Å². The average molecular weight is 424 g/mol. The van der Waals surface area contributed by atoms with Gasteiger partial charge in [0.2, 0.25) is 0 Å². The summed E-state index contributed by atoms with van der Waals surface area (Å²) < 4.78 is 10.5. The monoisotopic (exact) mass is 424 g/mol. The molecule has 0 radical (unpaired) electrons. The number of aromatic hydroxyl groups is 2. The summed E-state index contributed by atoms with van der Waals surface area (Å²) in [4.78, 5) is 22.7. The summed E-state index contributed by atoms with van der Waals surface area (Å²) in [5.74, 6) is 1.21. The van der Waals surface area contributed by atoms with E-state index in [4.69, 9.17) is 9.47 Å². The van der Waals surface area contributed by atoms with E-state index in [1.807, 2.05) is 26.0 Å². The Morgan fingerprint density at radius 2 is 1.13 bits per heavy atom. The first-order valence-corrected chi connectivity index (χ1v) is 9.46. The number of rotatable bonds is 2. The van der Waals surface area contributed by atoms with Crippen molar-refractivity contribution in [2.45, 2.75) is 26.7 Å². The van der Waals surface area contributed by atoms with Crippen LogP contribution in [-0.4, -0.2) is 36.0 Å². The van der Waals surface area contributed by atoms with Gasteiger partial charge in [-0.2, -0.15) is 0 Å². The lowest BCUT2D eigenvalue weighted by Gasteiger charge is -2.17. The van der Waals surface area contributed by atoms with E-state index in [1.54, 1.807) is 26.4 Å². The molecule has 0 spiro atoms. The number of ether oxygens (including phenoxy) is 2. The van der Waals surface area contributed by atoms with Crippen LogP contribution >= 0.6 is 0 Å². The first kappa shape index (κ1) is 23.7. The number of benzene rings is 2. The number of methoxy groups -OCH3 is 2. The van der Waals surface area contributed by atoms with Gasteiger partial charge in [0, 0.05) is 12.8 Å². The molecule has 0 bridgehead atoms. The van der Waals surface area contributed by atoms with E-state index in [-0.39, 0.29) is 28.5 Å². The standard InChI is InChI=1S/C13H14O3.C11H10O3.O/c1-8-4-10(14)5-9-6-12(15-2)13(16-3)7-11(8)9;1-6-2-8(12)3-7-4-10(13)11(14)5-9(6)7;/h4,6-7H,5H2,1-3H3;2,4-5,13-14H,3H2,1H3;/q;;-2. The van der Waals surface area contributed by atoms with E-state index in [9.17, 15) is 19.8 Å². The van der Waals surface area contributed by atoms with Crippen LogP contribution < -0.4 is 9.47 Å². The Kier molecular flexibility index (Phi) is 7.25. The minimum atomic E-state index is -0.175. The quantitative estimate of drug-likeness (QED) is 0.708. The largest absolute Gasteiger partial charge is 2.00 e. The van der Waals surface area contributed by atoms with Crippen molar-refractivity contribution in [1.29, 1.82) is 0 Å². The molecule has 0 fully saturated rings. The Balaban J connectivity index is 0.000000215. The molecule has 0 aliphatic heterocycles. The van der Waals surface area contributed by atoms with Crippen LogP contribution in [0.3, 0.4) is 0 Å². The number of carbonyl (C=O) groups is 2. The van der Waals surface area contributed by atoms with E-state index < -0.39 is 0 Å². The van der Waals surface area contributed by atoms with Crippen LogP contribution in [-0.2, 0) is 27.9 Å². The van der Waals surface area contributed by atoms with E-state index in [2.05, 4.69) is 0 Å². The predicted octanol–water partition coefficient (Wildman–Crippen LogP) is 3.74. The molecule has 2 N–H and O–H groups in total. The molecule has 2 aromatic rings. The summed E-state index contributed by atoms with van der Waals surface area (Å²) >= 11 is 0. The van der Waals surface area contributed by atoms with Gasteiger partial charge in [0.15, 0.2) is 34.6 Å². The topological polar surface area (TPSA) is 122 Å². The first-order valence-electron chi connectivity index (χ1n) is 9.46. The lowest BCUT2D eigenvalue weighted by Crippen LogP contribution is -2.08. The Morgan fingerprint density at radius 1 is 0.710 bits per heavy atom. The molecule has 0 amide bonds. The zero-order valence-corrected chi connectivity index (χ0v) is 17.8. The third kappa shape index (κ3) is 4.95. The minimum Gasteiger partial charge on any atom is -2.00 e. The normalized spacial score (nSPS) is 14.1. The SMILES string of the molecule is CC1=CC(=O)Cc2cc(O)c(O)cc21.COc1cc2c(cc1OC)C(C)=CC(=O)C2.[O-2]. The van der Waals surface area contributed by atoms with Gasteiger partial charge in [-0.25, -0.2) is 0 Å². The summed E-state index contributed by atoms with van der Waals surface area (Å²) in [6, 6.07) is 6.73.